The molecule has 0 fully saturated rings. The molecule has 9 heteroatoms. The summed E-state index contributed by atoms with van der Waals surface area (Å²) in [5.74, 6) is -0.491. The Morgan fingerprint density at radius 1 is 1.04 bits per heavy atom. The molecule has 0 bridgehead atoms. The largest absolute Gasteiger partial charge is 0.493 e. The molecule has 0 atom stereocenters. The van der Waals surface area contributed by atoms with Gasteiger partial charge in [-0.3, -0.25) is 4.79 Å². The molecule has 0 saturated carbocycles. The van der Waals surface area contributed by atoms with Crippen LogP contribution in [-0.2, 0) is 10.0 Å². The van der Waals surface area contributed by atoms with E-state index in [0.29, 0.717) is 18.0 Å². The topological polar surface area (TPSA) is 114 Å². The highest BCUT2D eigenvalue weighted by Gasteiger charge is 2.21. The van der Waals surface area contributed by atoms with Crippen LogP contribution in [0.4, 0.5) is 10.5 Å². The molecule has 0 aliphatic carbocycles. The van der Waals surface area contributed by atoms with Gasteiger partial charge in [-0.05, 0) is 43.3 Å². The lowest BCUT2D eigenvalue weighted by Gasteiger charge is -2.11. The van der Waals surface area contributed by atoms with Crippen molar-refractivity contribution in [3.05, 3.63) is 54.1 Å². The van der Waals surface area contributed by atoms with Gasteiger partial charge < -0.3 is 15.4 Å². The minimum Gasteiger partial charge on any atom is -0.493 e. The number of anilines is 1. The van der Waals surface area contributed by atoms with Gasteiger partial charge >= 0.3 is 6.03 Å². The van der Waals surface area contributed by atoms with Crippen LogP contribution >= 0.6 is 0 Å². The molecule has 8 nitrogen and oxygen atoms in total. The van der Waals surface area contributed by atoms with Crippen molar-refractivity contribution < 1.29 is 22.7 Å². The first-order chi connectivity index (χ1) is 12.4. The average Bonchev–Trinajstić information content (AvgIpc) is 2.62. The summed E-state index contributed by atoms with van der Waals surface area (Å²) in [7, 11) is -2.61. The molecule has 138 valence electrons. The number of para-hydroxylation sites is 1. The van der Waals surface area contributed by atoms with Crippen molar-refractivity contribution in [1.29, 1.82) is 0 Å². The van der Waals surface area contributed by atoms with E-state index in [4.69, 9.17) is 4.74 Å². The Balaban J connectivity index is 2.18. The van der Waals surface area contributed by atoms with Crippen LogP contribution in [0.2, 0.25) is 0 Å². The van der Waals surface area contributed by atoms with E-state index in [-0.39, 0.29) is 10.5 Å². The molecule has 0 aliphatic heterocycles. The molecule has 0 spiro atoms. The van der Waals surface area contributed by atoms with E-state index in [1.165, 1.54) is 37.4 Å². The minimum absolute atomic E-state index is 0.109. The van der Waals surface area contributed by atoms with Crippen LogP contribution < -0.4 is 20.1 Å². The quantitative estimate of drug-likeness (QED) is 0.712. The van der Waals surface area contributed by atoms with Crippen molar-refractivity contribution in [2.24, 2.45) is 0 Å². The third-order valence-electron chi connectivity index (χ3n) is 3.31. The van der Waals surface area contributed by atoms with Gasteiger partial charge in [-0.25, -0.2) is 17.9 Å². The summed E-state index contributed by atoms with van der Waals surface area (Å²) in [5, 5.41) is 4.89. The zero-order valence-corrected chi connectivity index (χ0v) is 15.1. The lowest BCUT2D eigenvalue weighted by atomic mass is 10.2. The molecule has 3 N–H and O–H groups in total. The summed E-state index contributed by atoms with van der Waals surface area (Å²) in [6.45, 7) is 2.11. The summed E-state index contributed by atoms with van der Waals surface area (Å²) in [6.07, 6.45) is 0. The molecular formula is C17H19N3O5S. The van der Waals surface area contributed by atoms with Crippen molar-refractivity contribution in [2.45, 2.75) is 11.8 Å². The Labute approximate surface area is 151 Å². The Morgan fingerprint density at radius 3 is 2.31 bits per heavy atom. The predicted molar refractivity (Wildman–Crippen MR) is 96.8 cm³/mol. The van der Waals surface area contributed by atoms with Gasteiger partial charge in [0.1, 0.15) is 5.75 Å². The van der Waals surface area contributed by atoms with Crippen LogP contribution in [0.25, 0.3) is 0 Å². The van der Waals surface area contributed by atoms with E-state index in [2.05, 4.69) is 10.6 Å². The minimum atomic E-state index is -4.07. The molecule has 0 radical (unpaired) electrons. The number of sulfonamides is 1. The highest BCUT2D eigenvalue weighted by atomic mass is 32.2. The van der Waals surface area contributed by atoms with Gasteiger partial charge in [-0.15, -0.1) is 0 Å². The van der Waals surface area contributed by atoms with Crippen LogP contribution in [0.3, 0.4) is 0 Å². The number of hydrogen-bond donors (Lipinski definition) is 3. The van der Waals surface area contributed by atoms with E-state index in [1.807, 2.05) is 4.72 Å². The smallest absolute Gasteiger partial charge is 0.318 e. The van der Waals surface area contributed by atoms with Crippen LogP contribution in [0.1, 0.15) is 17.3 Å². The van der Waals surface area contributed by atoms with Crippen molar-refractivity contribution >= 4 is 27.6 Å². The van der Waals surface area contributed by atoms with Crippen LogP contribution in [-0.4, -0.2) is 34.0 Å². The standard InChI is InChI=1S/C17H19N3O5S/c1-3-25-15-7-5-4-6-14(15)16(21)20-26(23,24)13-10-8-12(9-11-13)19-17(22)18-2/h4-11H,3H2,1-2H3,(H,20,21)(H2,18,19,22). The third-order valence-corrected chi connectivity index (χ3v) is 4.66. The maximum atomic E-state index is 12.4. The average molecular weight is 377 g/mol. The van der Waals surface area contributed by atoms with E-state index in [9.17, 15) is 18.0 Å². The first-order valence-electron chi connectivity index (χ1n) is 7.75. The Morgan fingerprint density at radius 2 is 1.69 bits per heavy atom. The molecule has 0 aliphatic rings. The Kier molecular flexibility index (Phi) is 6.18. The molecule has 0 heterocycles. The molecule has 3 amide bonds. The van der Waals surface area contributed by atoms with Crippen LogP contribution in [0, 0.1) is 0 Å². The van der Waals surface area contributed by atoms with Gasteiger partial charge in [0.05, 0.1) is 17.1 Å². The molecule has 26 heavy (non-hydrogen) atoms. The fraction of sp³-hybridized carbons (Fsp3) is 0.176. The fourth-order valence-corrected chi connectivity index (χ4v) is 3.05. The highest BCUT2D eigenvalue weighted by Crippen LogP contribution is 2.19. The fourth-order valence-electron chi connectivity index (χ4n) is 2.08. The first kappa shape index (κ1) is 19.3. The van der Waals surface area contributed by atoms with Gasteiger partial charge in [0.2, 0.25) is 0 Å². The van der Waals surface area contributed by atoms with Gasteiger partial charge in [-0.1, -0.05) is 12.1 Å². The lowest BCUT2D eigenvalue weighted by molar-refractivity contribution is 0.0977. The summed E-state index contributed by atoms with van der Waals surface area (Å²) in [6, 6.07) is 11.4. The maximum Gasteiger partial charge on any atom is 0.318 e. The number of nitrogens with one attached hydrogen (secondary N) is 3. The SMILES string of the molecule is CCOc1ccccc1C(=O)NS(=O)(=O)c1ccc(NC(=O)NC)cc1. The molecule has 2 rings (SSSR count). The normalized spacial score (nSPS) is 10.7. The van der Waals surface area contributed by atoms with Crippen molar-refractivity contribution in [1.82, 2.24) is 10.0 Å². The van der Waals surface area contributed by atoms with Gasteiger partial charge in [-0.2, -0.15) is 0 Å². The number of urea groups is 1. The van der Waals surface area contributed by atoms with Crippen molar-refractivity contribution in [3.8, 4) is 5.75 Å². The zero-order valence-electron chi connectivity index (χ0n) is 14.3. The second-order valence-electron chi connectivity index (χ2n) is 5.09. The van der Waals surface area contributed by atoms with E-state index in [1.54, 1.807) is 25.1 Å². The van der Waals surface area contributed by atoms with E-state index >= 15 is 0 Å². The van der Waals surface area contributed by atoms with Crippen molar-refractivity contribution in [3.63, 3.8) is 0 Å². The van der Waals surface area contributed by atoms with Crippen LogP contribution in [0.15, 0.2) is 53.4 Å². The van der Waals surface area contributed by atoms with Crippen LogP contribution in [0.5, 0.6) is 5.75 Å². The number of benzene rings is 2. The number of hydrogen-bond acceptors (Lipinski definition) is 5. The number of rotatable bonds is 6. The second-order valence-corrected chi connectivity index (χ2v) is 6.77. The summed E-state index contributed by atoms with van der Waals surface area (Å²) in [5.41, 5.74) is 0.534. The summed E-state index contributed by atoms with van der Waals surface area (Å²) < 4.78 is 32.2. The molecule has 2 aromatic carbocycles. The molecular weight excluding hydrogens is 358 g/mol. The monoisotopic (exact) mass is 377 g/mol. The van der Waals surface area contributed by atoms with Crippen molar-refractivity contribution in [2.75, 3.05) is 19.0 Å². The van der Waals surface area contributed by atoms with E-state index < -0.39 is 22.0 Å². The Hall–Kier alpha value is -3.07. The zero-order chi connectivity index (χ0) is 19.2. The second kappa shape index (κ2) is 8.34. The summed E-state index contributed by atoms with van der Waals surface area (Å²) in [4.78, 5) is 23.5. The lowest BCUT2D eigenvalue weighted by Crippen LogP contribution is -2.31. The number of carbonyl (C=O) groups is 2. The van der Waals surface area contributed by atoms with Gasteiger partial charge in [0, 0.05) is 12.7 Å². The molecule has 0 saturated heterocycles. The predicted octanol–water partition coefficient (Wildman–Crippen LogP) is 1.96. The number of ether oxygens (including phenoxy) is 1. The van der Waals surface area contributed by atoms with E-state index in [0.717, 1.165) is 0 Å². The molecule has 0 unspecified atom stereocenters. The highest BCUT2D eigenvalue weighted by molar-refractivity contribution is 7.90. The van der Waals surface area contributed by atoms with Gasteiger partial charge in [0.15, 0.2) is 0 Å². The molecule has 2 aromatic rings. The maximum absolute atomic E-state index is 12.4. The Bertz CT molecular complexity index is 895. The first-order valence-corrected chi connectivity index (χ1v) is 9.23. The third kappa shape index (κ3) is 4.73. The van der Waals surface area contributed by atoms with Gasteiger partial charge in [0.25, 0.3) is 15.9 Å². The molecule has 0 aromatic heterocycles. The summed E-state index contributed by atoms with van der Waals surface area (Å²) >= 11 is 0. The number of amides is 3. The number of carbonyl (C=O) groups excluding carboxylic acids is 2.